The number of fused-ring (bicyclic) bond motifs is 2. The van der Waals surface area contributed by atoms with Crippen LogP contribution in [0.4, 0.5) is 24.8 Å². The number of hydrogen-bond acceptors (Lipinski definition) is 7. The van der Waals surface area contributed by atoms with Gasteiger partial charge >= 0.3 is 6.18 Å². The van der Waals surface area contributed by atoms with Crippen molar-refractivity contribution in [2.75, 3.05) is 37.9 Å². The Labute approximate surface area is 251 Å². The minimum Gasteiger partial charge on any atom is -0.496 e. The number of pyridine rings is 1. The lowest BCUT2D eigenvalue weighted by Crippen LogP contribution is -2.28. The number of nitrogen functional groups attached to an aromatic ring is 1. The number of alkyl halides is 3. The third-order valence-corrected chi connectivity index (χ3v) is 8.71. The van der Waals surface area contributed by atoms with Gasteiger partial charge in [-0.15, -0.1) is 0 Å². The number of anilines is 2. The molecule has 13 heteroatoms. The number of hydrogen-bond donors (Lipinski definition) is 1. The molecule has 2 N–H and O–H groups in total. The summed E-state index contributed by atoms with van der Waals surface area (Å²) in [5.74, 6) is 0.493. The number of methoxy groups -OCH3 is 1. The van der Waals surface area contributed by atoms with Crippen molar-refractivity contribution in [2.45, 2.75) is 25.1 Å². The number of carbonyl (C=O) groups excluding carboxylic acids is 2. The first kappa shape index (κ1) is 29.1. The van der Waals surface area contributed by atoms with Gasteiger partial charge in [0.25, 0.3) is 5.91 Å². The van der Waals surface area contributed by atoms with Crippen LogP contribution in [0.3, 0.4) is 0 Å². The Morgan fingerprint density at radius 2 is 1.84 bits per heavy atom. The van der Waals surface area contributed by atoms with E-state index in [2.05, 4.69) is 26.1 Å². The van der Waals surface area contributed by atoms with Crippen molar-refractivity contribution in [3.8, 4) is 16.9 Å². The highest BCUT2D eigenvalue weighted by Gasteiger charge is 2.43. The van der Waals surface area contributed by atoms with Crippen LogP contribution in [0.15, 0.2) is 61.7 Å². The fourth-order valence-corrected chi connectivity index (χ4v) is 6.51. The first-order valence-electron chi connectivity index (χ1n) is 14.0. The van der Waals surface area contributed by atoms with E-state index in [1.165, 1.54) is 26.6 Å². The van der Waals surface area contributed by atoms with Gasteiger partial charge in [-0.3, -0.25) is 14.5 Å². The summed E-state index contributed by atoms with van der Waals surface area (Å²) in [6, 6.07) is 6.80. The molecule has 44 heavy (non-hydrogen) atoms. The molecule has 0 radical (unpaired) electrons. The fraction of sp³-hybridized carbons (Fsp3) is 0.323. The maximum absolute atomic E-state index is 13.4. The third kappa shape index (κ3) is 5.01. The van der Waals surface area contributed by atoms with E-state index in [0.29, 0.717) is 47.3 Å². The van der Waals surface area contributed by atoms with E-state index in [4.69, 9.17) is 10.5 Å². The van der Waals surface area contributed by atoms with Gasteiger partial charge in [0.2, 0.25) is 5.91 Å². The van der Waals surface area contributed by atoms with E-state index in [1.807, 2.05) is 11.1 Å². The first-order valence-corrected chi connectivity index (χ1v) is 14.0. The topological polar surface area (TPSA) is 119 Å². The number of nitrogens with two attached hydrogens (primary N) is 1. The van der Waals surface area contributed by atoms with Crippen LogP contribution in [0.25, 0.3) is 22.2 Å². The van der Waals surface area contributed by atoms with E-state index >= 15 is 0 Å². The van der Waals surface area contributed by atoms with E-state index in [0.717, 1.165) is 41.6 Å². The minimum absolute atomic E-state index is 0.0432. The molecule has 1 aliphatic heterocycles. The van der Waals surface area contributed by atoms with Crippen molar-refractivity contribution >= 4 is 34.5 Å². The van der Waals surface area contributed by atoms with Gasteiger partial charge in [0.15, 0.2) is 0 Å². The van der Waals surface area contributed by atoms with Crippen LogP contribution in [0.1, 0.15) is 34.8 Å². The van der Waals surface area contributed by atoms with E-state index < -0.39 is 17.6 Å². The predicted octanol–water partition coefficient (Wildman–Crippen LogP) is 4.98. The summed E-state index contributed by atoms with van der Waals surface area (Å²) in [6.45, 7) is 5.01. The van der Waals surface area contributed by atoms with Gasteiger partial charge in [0.1, 0.15) is 29.4 Å². The fourth-order valence-electron chi connectivity index (χ4n) is 6.51. The van der Waals surface area contributed by atoms with Crippen molar-refractivity contribution in [1.29, 1.82) is 0 Å². The van der Waals surface area contributed by atoms with E-state index in [-0.39, 0.29) is 29.1 Å². The predicted molar refractivity (Wildman–Crippen MR) is 158 cm³/mol. The Bertz CT molecular complexity index is 1770. The van der Waals surface area contributed by atoms with Gasteiger partial charge in [-0.25, -0.2) is 15.0 Å². The Morgan fingerprint density at radius 3 is 2.50 bits per heavy atom. The molecule has 228 valence electrons. The van der Waals surface area contributed by atoms with Crippen molar-refractivity contribution in [2.24, 2.45) is 11.8 Å². The lowest BCUT2D eigenvalue weighted by molar-refractivity contribution is -0.137. The number of likely N-dealkylation sites (tertiary alicyclic amines) is 1. The Balaban J connectivity index is 1.32. The van der Waals surface area contributed by atoms with Gasteiger partial charge in [0, 0.05) is 44.1 Å². The summed E-state index contributed by atoms with van der Waals surface area (Å²) in [6.07, 6.45) is 2.97. The molecule has 2 unspecified atom stereocenters. The lowest BCUT2D eigenvalue weighted by atomic mass is 10.0. The number of aromatic nitrogens is 4. The Morgan fingerprint density at radius 1 is 1.11 bits per heavy atom. The molecular weight excluding hydrogens is 575 g/mol. The molecule has 0 bridgehead atoms. The first-order chi connectivity index (χ1) is 21.0. The second kappa shape index (κ2) is 11.0. The van der Waals surface area contributed by atoms with Gasteiger partial charge in [-0.1, -0.05) is 12.6 Å². The summed E-state index contributed by atoms with van der Waals surface area (Å²) in [7, 11) is 2.77. The van der Waals surface area contributed by atoms with Gasteiger partial charge in [-0.05, 0) is 60.6 Å². The number of rotatable bonds is 6. The molecule has 1 saturated carbocycles. The highest BCUT2D eigenvalue weighted by Crippen LogP contribution is 2.46. The maximum Gasteiger partial charge on any atom is 0.416 e. The van der Waals surface area contributed by atoms with Crippen LogP contribution in [-0.2, 0) is 11.0 Å². The summed E-state index contributed by atoms with van der Waals surface area (Å²) in [4.78, 5) is 41.2. The molecular formula is C31H30F3N7O3. The van der Waals surface area contributed by atoms with E-state index in [9.17, 15) is 22.8 Å². The molecule has 2 fully saturated rings. The van der Waals surface area contributed by atoms with Crippen LogP contribution in [0, 0.1) is 11.8 Å². The second-order valence-corrected chi connectivity index (χ2v) is 11.2. The second-order valence-electron chi connectivity index (χ2n) is 11.2. The van der Waals surface area contributed by atoms with Gasteiger partial charge in [-0.2, -0.15) is 13.2 Å². The number of amides is 2. The third-order valence-electron chi connectivity index (χ3n) is 8.71. The van der Waals surface area contributed by atoms with Gasteiger partial charge < -0.3 is 19.9 Å². The average Bonchev–Trinajstić information content (AvgIpc) is 3.72. The monoisotopic (exact) mass is 605 g/mol. The zero-order chi connectivity index (χ0) is 31.3. The number of benzene rings is 1. The van der Waals surface area contributed by atoms with Crippen molar-refractivity contribution < 1.29 is 27.5 Å². The number of nitrogens with zero attached hydrogens (tertiary/aromatic N) is 6. The van der Waals surface area contributed by atoms with Crippen molar-refractivity contribution in [3.05, 3.63) is 72.8 Å². The van der Waals surface area contributed by atoms with Crippen LogP contribution in [0.5, 0.6) is 5.75 Å². The molecule has 1 saturated heterocycles. The van der Waals surface area contributed by atoms with Crippen LogP contribution in [0.2, 0.25) is 0 Å². The molecule has 2 aliphatic rings. The highest BCUT2D eigenvalue weighted by molar-refractivity contribution is 6.08. The average molecular weight is 606 g/mol. The number of carbonyl (C=O) groups is 2. The molecule has 0 spiro atoms. The molecule has 3 aromatic heterocycles. The number of ether oxygens (including phenoxy) is 1. The standard InChI is InChI=1S/C31H30F3N7O3/c1-4-26(42)40-13-18-9-21(10-19(18)14-40)41-15-23(27-28(35)37-16-38-29(27)41)17-5-6-22(24(11-17)44-3)30(43)39(2)25-12-20(7-8-36-25)31(32,33)34/h4-8,11-12,15-16,18-19,21H,1,9-10,13-14H2,2-3H3,(H2,35,37,38). The number of halogens is 3. The summed E-state index contributed by atoms with van der Waals surface area (Å²) < 4.78 is 47.4. The van der Waals surface area contributed by atoms with Crippen molar-refractivity contribution in [1.82, 2.24) is 24.4 Å². The molecule has 10 nitrogen and oxygen atoms in total. The van der Waals surface area contributed by atoms with E-state index in [1.54, 1.807) is 18.2 Å². The Kier molecular flexibility index (Phi) is 7.26. The molecule has 1 aromatic carbocycles. The lowest BCUT2D eigenvalue weighted by Gasteiger charge is -2.19. The van der Waals surface area contributed by atoms with Crippen molar-refractivity contribution in [3.63, 3.8) is 0 Å². The molecule has 6 rings (SSSR count). The molecule has 2 amide bonds. The molecule has 4 aromatic rings. The summed E-state index contributed by atoms with van der Waals surface area (Å²) >= 11 is 0. The summed E-state index contributed by atoms with van der Waals surface area (Å²) in [5.41, 5.74) is 7.74. The molecule has 2 atom stereocenters. The van der Waals surface area contributed by atoms with Gasteiger partial charge in [0.05, 0.1) is 23.6 Å². The molecule has 4 heterocycles. The zero-order valence-electron chi connectivity index (χ0n) is 24.1. The highest BCUT2D eigenvalue weighted by atomic mass is 19.4. The quantitative estimate of drug-likeness (QED) is 0.308. The zero-order valence-corrected chi connectivity index (χ0v) is 24.1. The largest absolute Gasteiger partial charge is 0.496 e. The maximum atomic E-state index is 13.4. The summed E-state index contributed by atoms with van der Waals surface area (Å²) in [5, 5.41) is 0.666. The van der Waals surface area contributed by atoms with Crippen LogP contribution in [-0.4, -0.2) is 63.5 Å². The van der Waals surface area contributed by atoms with Crippen LogP contribution < -0.4 is 15.4 Å². The SMILES string of the molecule is C=CC(=O)N1CC2CC(n3cc(-c4ccc(C(=O)N(C)c5cc(C(F)(F)F)ccn5)c(OC)c4)c4c(N)ncnc43)CC2C1. The van der Waals surface area contributed by atoms with Crippen LogP contribution >= 0.6 is 0 Å². The Hall–Kier alpha value is -4.94. The normalized spacial score (nSPS) is 19.7. The minimum atomic E-state index is -4.58. The molecule has 1 aliphatic carbocycles. The smallest absolute Gasteiger partial charge is 0.416 e.